The maximum atomic E-state index is 13.2. The van der Waals surface area contributed by atoms with E-state index in [9.17, 15) is 9.59 Å². The van der Waals surface area contributed by atoms with Crippen LogP contribution in [0, 0.1) is 0 Å². The summed E-state index contributed by atoms with van der Waals surface area (Å²) in [7, 11) is 1.54. The summed E-state index contributed by atoms with van der Waals surface area (Å²) < 4.78 is 5.34. The van der Waals surface area contributed by atoms with Gasteiger partial charge < -0.3 is 15.4 Å². The predicted molar refractivity (Wildman–Crippen MR) is 122 cm³/mol. The molecule has 0 aliphatic carbocycles. The third kappa shape index (κ3) is 5.78. The van der Waals surface area contributed by atoms with E-state index in [1.54, 1.807) is 25.3 Å². The second kappa shape index (κ2) is 10.2. The van der Waals surface area contributed by atoms with Gasteiger partial charge in [-0.05, 0) is 48.0 Å². The van der Waals surface area contributed by atoms with Crippen molar-refractivity contribution in [2.75, 3.05) is 17.7 Å². The smallest absolute Gasteiger partial charge is 0.242 e. The van der Waals surface area contributed by atoms with Crippen LogP contribution in [-0.2, 0) is 9.59 Å². The van der Waals surface area contributed by atoms with Crippen LogP contribution in [0.3, 0.4) is 0 Å². The molecule has 0 saturated heterocycles. The van der Waals surface area contributed by atoms with Crippen molar-refractivity contribution in [1.82, 2.24) is 0 Å². The van der Waals surface area contributed by atoms with Gasteiger partial charge in [-0.15, -0.1) is 11.8 Å². The highest BCUT2D eigenvalue weighted by molar-refractivity contribution is 8.00. The largest absolute Gasteiger partial charge is 0.495 e. The van der Waals surface area contributed by atoms with E-state index in [-0.39, 0.29) is 11.8 Å². The van der Waals surface area contributed by atoms with Crippen LogP contribution in [0.4, 0.5) is 11.4 Å². The lowest BCUT2D eigenvalue weighted by atomic mass is 10.1. The first-order chi connectivity index (χ1) is 14.5. The Morgan fingerprint density at radius 2 is 1.67 bits per heavy atom. The number of ether oxygens (including phenoxy) is 1. The number of thioether (sulfide) groups is 1. The SMILES string of the molecule is COc1ccc(Cl)cc1NC(=O)C(Sc1ccc(NC(C)=O)cc1)c1ccccc1. The van der Waals surface area contributed by atoms with Crippen molar-refractivity contribution in [2.45, 2.75) is 17.1 Å². The van der Waals surface area contributed by atoms with Gasteiger partial charge in [-0.25, -0.2) is 0 Å². The quantitative estimate of drug-likeness (QED) is 0.457. The molecule has 2 N–H and O–H groups in total. The second-order valence-corrected chi connectivity index (χ2v) is 8.06. The maximum Gasteiger partial charge on any atom is 0.242 e. The standard InChI is InChI=1S/C23H21ClN2O3S/c1-15(27)25-18-9-11-19(12-10-18)30-22(16-6-4-3-5-7-16)23(28)26-20-14-17(24)8-13-21(20)29-2/h3-14,22H,1-2H3,(H,25,27)(H,26,28). The summed E-state index contributed by atoms with van der Waals surface area (Å²) in [5.74, 6) is 0.203. The Kier molecular flexibility index (Phi) is 7.38. The molecular weight excluding hydrogens is 420 g/mol. The highest BCUT2D eigenvalue weighted by Gasteiger charge is 2.23. The molecule has 2 amide bonds. The van der Waals surface area contributed by atoms with E-state index in [4.69, 9.17) is 16.3 Å². The van der Waals surface area contributed by atoms with E-state index in [2.05, 4.69) is 10.6 Å². The number of benzene rings is 3. The Balaban J connectivity index is 1.85. The Morgan fingerprint density at radius 3 is 2.30 bits per heavy atom. The van der Waals surface area contributed by atoms with E-state index >= 15 is 0 Å². The second-order valence-electron chi connectivity index (χ2n) is 6.45. The van der Waals surface area contributed by atoms with Gasteiger partial charge >= 0.3 is 0 Å². The number of nitrogens with one attached hydrogen (secondary N) is 2. The minimum absolute atomic E-state index is 0.132. The Hall–Kier alpha value is -2.96. The van der Waals surface area contributed by atoms with Crippen molar-refractivity contribution in [3.63, 3.8) is 0 Å². The number of anilines is 2. The molecule has 3 aromatic carbocycles. The molecule has 0 heterocycles. The molecule has 3 rings (SSSR count). The molecule has 0 spiro atoms. The summed E-state index contributed by atoms with van der Waals surface area (Å²) in [5, 5.41) is 5.67. The molecule has 5 nitrogen and oxygen atoms in total. The molecule has 7 heteroatoms. The van der Waals surface area contributed by atoms with E-state index in [0.717, 1.165) is 10.5 Å². The summed E-state index contributed by atoms with van der Waals surface area (Å²) in [4.78, 5) is 25.3. The van der Waals surface area contributed by atoms with Crippen LogP contribution < -0.4 is 15.4 Å². The van der Waals surface area contributed by atoms with Gasteiger partial charge in [0.25, 0.3) is 0 Å². The molecule has 0 radical (unpaired) electrons. The molecule has 0 bridgehead atoms. The number of hydrogen-bond donors (Lipinski definition) is 2. The molecular formula is C23H21ClN2O3S. The molecule has 30 heavy (non-hydrogen) atoms. The van der Waals surface area contributed by atoms with Gasteiger partial charge in [-0.1, -0.05) is 41.9 Å². The van der Waals surface area contributed by atoms with Gasteiger partial charge in [0.05, 0.1) is 12.8 Å². The fourth-order valence-electron chi connectivity index (χ4n) is 2.83. The Labute approximate surface area is 184 Å². The molecule has 0 aromatic heterocycles. The monoisotopic (exact) mass is 440 g/mol. The Bertz CT molecular complexity index is 1030. The zero-order chi connectivity index (χ0) is 21.5. The highest BCUT2D eigenvalue weighted by atomic mass is 35.5. The lowest BCUT2D eigenvalue weighted by molar-refractivity contribution is -0.116. The number of rotatable bonds is 7. The number of halogens is 1. The lowest BCUT2D eigenvalue weighted by Gasteiger charge is -2.18. The third-order valence-corrected chi connectivity index (χ3v) is 5.69. The molecule has 154 valence electrons. The minimum atomic E-state index is -0.499. The first-order valence-corrected chi connectivity index (χ1v) is 10.5. The first-order valence-electron chi connectivity index (χ1n) is 9.20. The van der Waals surface area contributed by atoms with E-state index in [1.165, 1.54) is 18.7 Å². The molecule has 0 saturated carbocycles. The van der Waals surface area contributed by atoms with Gasteiger partial charge in [-0.2, -0.15) is 0 Å². The highest BCUT2D eigenvalue weighted by Crippen LogP contribution is 2.38. The third-order valence-electron chi connectivity index (χ3n) is 4.19. The van der Waals surface area contributed by atoms with Crippen molar-refractivity contribution in [3.8, 4) is 5.75 Å². The van der Waals surface area contributed by atoms with Gasteiger partial charge in [-0.3, -0.25) is 9.59 Å². The van der Waals surface area contributed by atoms with E-state index in [1.807, 2.05) is 54.6 Å². The normalized spacial score (nSPS) is 11.4. The van der Waals surface area contributed by atoms with Crippen LogP contribution in [-0.4, -0.2) is 18.9 Å². The number of hydrogen-bond acceptors (Lipinski definition) is 4. The number of amides is 2. The maximum absolute atomic E-state index is 13.2. The summed E-state index contributed by atoms with van der Waals surface area (Å²) in [5.41, 5.74) is 2.08. The summed E-state index contributed by atoms with van der Waals surface area (Å²) in [6, 6.07) is 22.0. The number of carbonyl (C=O) groups is 2. The van der Waals surface area contributed by atoms with Crippen molar-refractivity contribution >= 4 is 46.6 Å². The zero-order valence-corrected chi connectivity index (χ0v) is 18.1. The zero-order valence-electron chi connectivity index (χ0n) is 16.5. The van der Waals surface area contributed by atoms with Crippen molar-refractivity contribution in [2.24, 2.45) is 0 Å². The molecule has 0 aliphatic rings. The van der Waals surface area contributed by atoms with Crippen LogP contribution in [0.1, 0.15) is 17.7 Å². The average Bonchev–Trinajstić information content (AvgIpc) is 2.73. The van der Waals surface area contributed by atoms with Crippen molar-refractivity contribution in [1.29, 1.82) is 0 Å². The fraction of sp³-hybridized carbons (Fsp3) is 0.130. The molecule has 0 fully saturated rings. The summed E-state index contributed by atoms with van der Waals surface area (Å²) >= 11 is 7.51. The molecule has 1 atom stereocenters. The van der Waals surface area contributed by atoms with Gasteiger partial charge in [0.2, 0.25) is 11.8 Å². The van der Waals surface area contributed by atoms with Crippen LogP contribution in [0.2, 0.25) is 5.02 Å². The summed E-state index contributed by atoms with van der Waals surface area (Å²) in [6.45, 7) is 1.46. The average molecular weight is 441 g/mol. The van der Waals surface area contributed by atoms with Crippen molar-refractivity contribution < 1.29 is 14.3 Å². The van der Waals surface area contributed by atoms with Crippen LogP contribution >= 0.6 is 23.4 Å². The summed E-state index contributed by atoms with van der Waals surface area (Å²) in [6.07, 6.45) is 0. The molecule has 0 aliphatic heterocycles. The minimum Gasteiger partial charge on any atom is -0.495 e. The predicted octanol–water partition coefficient (Wildman–Crippen LogP) is 5.78. The number of methoxy groups -OCH3 is 1. The van der Waals surface area contributed by atoms with Gasteiger partial charge in [0.15, 0.2) is 0 Å². The van der Waals surface area contributed by atoms with Crippen LogP contribution in [0.25, 0.3) is 0 Å². The topological polar surface area (TPSA) is 67.4 Å². The Morgan fingerprint density at radius 1 is 0.967 bits per heavy atom. The van der Waals surface area contributed by atoms with E-state index < -0.39 is 5.25 Å². The fourth-order valence-corrected chi connectivity index (χ4v) is 4.03. The number of carbonyl (C=O) groups excluding carboxylic acids is 2. The molecule has 1 unspecified atom stereocenters. The van der Waals surface area contributed by atoms with Crippen LogP contribution in [0.15, 0.2) is 77.7 Å². The first kappa shape index (κ1) is 21.7. The van der Waals surface area contributed by atoms with Gasteiger partial charge in [0.1, 0.15) is 11.0 Å². The van der Waals surface area contributed by atoms with E-state index in [0.29, 0.717) is 22.1 Å². The molecule has 3 aromatic rings. The van der Waals surface area contributed by atoms with Crippen LogP contribution in [0.5, 0.6) is 5.75 Å². The van der Waals surface area contributed by atoms with Gasteiger partial charge in [0, 0.05) is 22.5 Å². The van der Waals surface area contributed by atoms with Crippen molar-refractivity contribution in [3.05, 3.63) is 83.4 Å². The lowest BCUT2D eigenvalue weighted by Crippen LogP contribution is -2.19.